The topological polar surface area (TPSA) is 122 Å². The van der Waals surface area contributed by atoms with Crippen LogP contribution in [0.2, 0.25) is 0 Å². The van der Waals surface area contributed by atoms with E-state index in [-0.39, 0.29) is 42.5 Å². The highest BCUT2D eigenvalue weighted by molar-refractivity contribution is 6.05. The Hall–Kier alpha value is -2.45. The van der Waals surface area contributed by atoms with E-state index in [0.717, 1.165) is 30.6 Å². The van der Waals surface area contributed by atoms with Gasteiger partial charge in [0.15, 0.2) is 6.61 Å². The number of carbonyl (C=O) groups excluding carboxylic acids is 5. The van der Waals surface area contributed by atoms with E-state index in [0.29, 0.717) is 6.54 Å². The molecule has 150 valence electrons. The van der Waals surface area contributed by atoms with Gasteiger partial charge in [0.1, 0.15) is 0 Å². The number of urea groups is 1. The molecule has 2 rings (SSSR count). The molecule has 0 aromatic heterocycles. The molecule has 0 spiro atoms. The second-order valence-electron chi connectivity index (χ2n) is 7.39. The first kappa shape index (κ1) is 20.9. The van der Waals surface area contributed by atoms with Crippen molar-refractivity contribution in [3.63, 3.8) is 0 Å². The number of hydrogen-bond donors (Lipinski definition) is 2. The Labute approximate surface area is 158 Å². The number of nitrogens with zero attached hydrogens (tertiary/aromatic N) is 1. The van der Waals surface area contributed by atoms with E-state index in [1.807, 2.05) is 13.8 Å². The summed E-state index contributed by atoms with van der Waals surface area (Å²) in [5.74, 6) is -2.14. The summed E-state index contributed by atoms with van der Waals surface area (Å²) >= 11 is 0. The van der Waals surface area contributed by atoms with Crippen LogP contribution in [0.1, 0.15) is 46.0 Å². The molecule has 27 heavy (non-hydrogen) atoms. The largest absolute Gasteiger partial charge is 0.456 e. The van der Waals surface area contributed by atoms with E-state index in [1.54, 1.807) is 0 Å². The Morgan fingerprint density at radius 3 is 2.26 bits per heavy atom. The Bertz CT molecular complexity index is 594. The zero-order valence-corrected chi connectivity index (χ0v) is 15.8. The third kappa shape index (κ3) is 5.77. The van der Waals surface area contributed by atoms with Crippen LogP contribution in [0.5, 0.6) is 0 Å². The van der Waals surface area contributed by atoms with E-state index < -0.39 is 24.5 Å². The third-order valence-corrected chi connectivity index (χ3v) is 4.76. The lowest BCUT2D eigenvalue weighted by Gasteiger charge is -2.19. The van der Waals surface area contributed by atoms with Crippen molar-refractivity contribution in [2.24, 2.45) is 17.8 Å². The number of nitrogens with one attached hydrogen (secondary N) is 2. The summed E-state index contributed by atoms with van der Waals surface area (Å²) in [6, 6.07) is -0.652. The van der Waals surface area contributed by atoms with Crippen molar-refractivity contribution in [3.05, 3.63) is 0 Å². The van der Waals surface area contributed by atoms with Gasteiger partial charge in [-0.2, -0.15) is 0 Å². The molecule has 0 unspecified atom stereocenters. The van der Waals surface area contributed by atoms with E-state index in [4.69, 9.17) is 4.74 Å². The van der Waals surface area contributed by atoms with Gasteiger partial charge < -0.3 is 10.1 Å². The molecule has 2 N–H and O–H groups in total. The summed E-state index contributed by atoms with van der Waals surface area (Å²) in [7, 11) is 0. The Morgan fingerprint density at radius 2 is 1.70 bits per heavy atom. The molecule has 0 bridgehead atoms. The van der Waals surface area contributed by atoms with Crippen molar-refractivity contribution >= 4 is 29.7 Å². The lowest BCUT2D eigenvalue weighted by atomic mass is 9.81. The van der Waals surface area contributed by atoms with Crippen LogP contribution in [0.15, 0.2) is 0 Å². The molecule has 5 amide bonds. The number of esters is 1. The number of imide groups is 2. The van der Waals surface area contributed by atoms with E-state index in [1.165, 1.54) is 0 Å². The van der Waals surface area contributed by atoms with Crippen LogP contribution in [-0.2, 0) is 23.9 Å². The monoisotopic (exact) mass is 381 g/mol. The molecular formula is C18H27N3O6. The molecule has 0 radical (unpaired) electrons. The van der Waals surface area contributed by atoms with Gasteiger partial charge in [-0.15, -0.1) is 0 Å². The smallest absolute Gasteiger partial charge is 0.321 e. The van der Waals surface area contributed by atoms with Crippen molar-refractivity contribution in [1.29, 1.82) is 0 Å². The van der Waals surface area contributed by atoms with Crippen molar-refractivity contribution in [2.75, 3.05) is 19.7 Å². The van der Waals surface area contributed by atoms with Crippen LogP contribution >= 0.6 is 0 Å². The summed E-state index contributed by atoms with van der Waals surface area (Å²) < 4.78 is 4.80. The number of fused-ring (bicyclic) bond motifs is 1. The maximum Gasteiger partial charge on any atom is 0.321 e. The minimum Gasteiger partial charge on any atom is -0.456 e. The Kier molecular flexibility index (Phi) is 7.32. The number of carbonyl (C=O) groups is 5. The fourth-order valence-corrected chi connectivity index (χ4v) is 3.38. The lowest BCUT2D eigenvalue weighted by Crippen LogP contribution is -2.42. The average molecular weight is 381 g/mol. The van der Waals surface area contributed by atoms with E-state index in [2.05, 4.69) is 10.6 Å². The maximum absolute atomic E-state index is 12.3. The SMILES string of the molecule is CC(C)CNC(=O)NC(=O)COC(=O)CCN1C(=O)[C@H]2CCCC[C@@H]2C1=O. The number of rotatable bonds is 7. The molecule has 1 heterocycles. The van der Waals surface area contributed by atoms with E-state index in [9.17, 15) is 24.0 Å². The zero-order valence-electron chi connectivity index (χ0n) is 15.8. The molecule has 1 saturated heterocycles. The second kappa shape index (κ2) is 9.48. The summed E-state index contributed by atoms with van der Waals surface area (Å²) in [5.41, 5.74) is 0. The highest BCUT2D eigenvalue weighted by Crippen LogP contribution is 2.37. The van der Waals surface area contributed by atoms with Crippen LogP contribution < -0.4 is 10.6 Å². The normalized spacial score (nSPS) is 21.8. The fraction of sp³-hybridized carbons (Fsp3) is 0.722. The molecule has 0 aromatic rings. The molecule has 2 atom stereocenters. The van der Waals surface area contributed by atoms with Crippen LogP contribution in [0.25, 0.3) is 0 Å². The summed E-state index contributed by atoms with van der Waals surface area (Å²) in [4.78, 5) is 60.5. The van der Waals surface area contributed by atoms with Crippen molar-refractivity contribution < 1.29 is 28.7 Å². The van der Waals surface area contributed by atoms with Crippen molar-refractivity contribution in [3.8, 4) is 0 Å². The predicted octanol–water partition coefficient (Wildman–Crippen LogP) is 0.577. The molecule has 2 fully saturated rings. The van der Waals surface area contributed by atoms with E-state index >= 15 is 0 Å². The molecule has 0 aromatic carbocycles. The molecule has 2 aliphatic rings. The van der Waals surface area contributed by atoms with Crippen molar-refractivity contribution in [2.45, 2.75) is 46.0 Å². The van der Waals surface area contributed by atoms with Gasteiger partial charge in [0.2, 0.25) is 11.8 Å². The number of hydrogen-bond acceptors (Lipinski definition) is 6. The van der Waals surface area contributed by atoms with Gasteiger partial charge in [-0.3, -0.25) is 29.4 Å². The molecule has 1 aliphatic heterocycles. The summed E-state index contributed by atoms with van der Waals surface area (Å²) in [5, 5.41) is 4.55. The first-order chi connectivity index (χ1) is 12.8. The molecule has 1 saturated carbocycles. The Balaban J connectivity index is 1.69. The highest BCUT2D eigenvalue weighted by Gasteiger charge is 2.47. The fourth-order valence-electron chi connectivity index (χ4n) is 3.38. The molecule has 9 heteroatoms. The van der Waals surface area contributed by atoms with Crippen LogP contribution in [0.3, 0.4) is 0 Å². The summed E-state index contributed by atoms with van der Waals surface area (Å²) in [6.45, 7) is 3.60. The first-order valence-electron chi connectivity index (χ1n) is 9.38. The zero-order chi connectivity index (χ0) is 20.0. The van der Waals surface area contributed by atoms with Gasteiger partial charge in [0.05, 0.1) is 18.3 Å². The minimum atomic E-state index is -0.746. The Morgan fingerprint density at radius 1 is 1.11 bits per heavy atom. The van der Waals surface area contributed by atoms with Crippen LogP contribution in [-0.4, -0.2) is 54.3 Å². The number of likely N-dealkylation sites (tertiary alicyclic amines) is 1. The summed E-state index contributed by atoms with van der Waals surface area (Å²) in [6.07, 6.45) is 3.14. The van der Waals surface area contributed by atoms with Crippen molar-refractivity contribution in [1.82, 2.24) is 15.5 Å². The van der Waals surface area contributed by atoms with Crippen LogP contribution in [0, 0.1) is 17.8 Å². The average Bonchev–Trinajstić information content (AvgIpc) is 2.87. The maximum atomic E-state index is 12.3. The second-order valence-corrected chi connectivity index (χ2v) is 7.39. The minimum absolute atomic E-state index is 0.0417. The predicted molar refractivity (Wildman–Crippen MR) is 94.1 cm³/mol. The van der Waals surface area contributed by atoms with Gasteiger partial charge in [0.25, 0.3) is 5.91 Å². The van der Waals surface area contributed by atoms with Gasteiger partial charge in [-0.05, 0) is 18.8 Å². The van der Waals surface area contributed by atoms with Gasteiger partial charge in [0, 0.05) is 13.1 Å². The highest BCUT2D eigenvalue weighted by atomic mass is 16.5. The lowest BCUT2D eigenvalue weighted by molar-refractivity contribution is -0.149. The number of ether oxygens (including phenoxy) is 1. The van der Waals surface area contributed by atoms with Gasteiger partial charge in [-0.25, -0.2) is 4.79 Å². The third-order valence-electron chi connectivity index (χ3n) is 4.76. The van der Waals surface area contributed by atoms with Crippen LogP contribution in [0.4, 0.5) is 4.79 Å². The standard InChI is InChI=1S/C18H27N3O6/c1-11(2)9-19-18(26)20-14(22)10-27-15(23)7-8-21-16(24)12-5-3-4-6-13(12)17(21)25/h11-13H,3-10H2,1-2H3,(H2,19,20,22,26)/t12-,13-/m0/s1. The molecular weight excluding hydrogens is 354 g/mol. The first-order valence-corrected chi connectivity index (χ1v) is 9.38. The quantitative estimate of drug-likeness (QED) is 0.491. The van der Waals surface area contributed by atoms with Gasteiger partial charge >= 0.3 is 12.0 Å². The molecule has 1 aliphatic carbocycles. The van der Waals surface area contributed by atoms with Gasteiger partial charge in [-0.1, -0.05) is 26.7 Å². The molecule has 9 nitrogen and oxygen atoms in total. The number of amides is 5.